The topological polar surface area (TPSA) is 55.1 Å². The Labute approximate surface area is 84.3 Å². The van der Waals surface area contributed by atoms with E-state index in [-0.39, 0.29) is 5.91 Å². The molecular weight excluding hydrogens is 176 g/mol. The standard InChI is InChI=1S/C11H16N2O/c1-8(2)10-5-3-9(4-6-10)7-11(14)13-12/h3-6,8H,7,12H2,1-2H3,(H,13,14). The van der Waals surface area contributed by atoms with Crippen molar-refractivity contribution >= 4 is 5.91 Å². The molecule has 3 N–H and O–H groups in total. The van der Waals surface area contributed by atoms with Gasteiger partial charge in [0.25, 0.3) is 0 Å². The first kappa shape index (κ1) is 10.7. The molecule has 0 atom stereocenters. The average molecular weight is 192 g/mol. The van der Waals surface area contributed by atoms with E-state index in [1.807, 2.05) is 24.3 Å². The van der Waals surface area contributed by atoms with Crippen LogP contribution in [0.15, 0.2) is 24.3 Å². The molecule has 0 fully saturated rings. The van der Waals surface area contributed by atoms with E-state index in [2.05, 4.69) is 19.3 Å². The van der Waals surface area contributed by atoms with Gasteiger partial charge in [-0.05, 0) is 17.0 Å². The predicted molar refractivity (Wildman–Crippen MR) is 56.6 cm³/mol. The number of benzene rings is 1. The van der Waals surface area contributed by atoms with Crippen molar-refractivity contribution in [2.45, 2.75) is 26.2 Å². The highest BCUT2D eigenvalue weighted by molar-refractivity contribution is 5.77. The lowest BCUT2D eigenvalue weighted by Gasteiger charge is -2.06. The maximum absolute atomic E-state index is 11.0. The normalized spacial score (nSPS) is 10.3. The molecule has 3 heteroatoms. The molecule has 0 bridgehead atoms. The van der Waals surface area contributed by atoms with Gasteiger partial charge in [0.05, 0.1) is 6.42 Å². The monoisotopic (exact) mass is 192 g/mol. The number of hydrogen-bond acceptors (Lipinski definition) is 2. The van der Waals surface area contributed by atoms with Crippen molar-refractivity contribution in [3.63, 3.8) is 0 Å². The van der Waals surface area contributed by atoms with Gasteiger partial charge in [-0.25, -0.2) is 5.84 Å². The van der Waals surface area contributed by atoms with E-state index in [9.17, 15) is 4.79 Å². The van der Waals surface area contributed by atoms with Gasteiger partial charge in [0.2, 0.25) is 5.91 Å². The van der Waals surface area contributed by atoms with E-state index < -0.39 is 0 Å². The van der Waals surface area contributed by atoms with Crippen LogP contribution in [0.5, 0.6) is 0 Å². The van der Waals surface area contributed by atoms with Gasteiger partial charge in [-0.2, -0.15) is 0 Å². The molecule has 0 aliphatic heterocycles. The van der Waals surface area contributed by atoms with Crippen molar-refractivity contribution in [2.24, 2.45) is 5.84 Å². The second-order valence-electron chi connectivity index (χ2n) is 3.64. The van der Waals surface area contributed by atoms with E-state index in [0.717, 1.165) is 5.56 Å². The van der Waals surface area contributed by atoms with E-state index >= 15 is 0 Å². The lowest BCUT2D eigenvalue weighted by atomic mass is 10.0. The van der Waals surface area contributed by atoms with Crippen molar-refractivity contribution in [1.29, 1.82) is 0 Å². The number of nitrogens with two attached hydrogens (primary N) is 1. The van der Waals surface area contributed by atoms with Gasteiger partial charge < -0.3 is 0 Å². The summed E-state index contributed by atoms with van der Waals surface area (Å²) in [5, 5.41) is 0. The van der Waals surface area contributed by atoms with Gasteiger partial charge >= 0.3 is 0 Å². The number of rotatable bonds is 3. The largest absolute Gasteiger partial charge is 0.294 e. The summed E-state index contributed by atoms with van der Waals surface area (Å²) in [6, 6.07) is 8.02. The van der Waals surface area contributed by atoms with Crippen molar-refractivity contribution in [1.82, 2.24) is 5.43 Å². The molecule has 1 rings (SSSR count). The lowest BCUT2D eigenvalue weighted by Crippen LogP contribution is -2.31. The van der Waals surface area contributed by atoms with Gasteiger partial charge in [0.15, 0.2) is 0 Å². The van der Waals surface area contributed by atoms with Crippen molar-refractivity contribution < 1.29 is 4.79 Å². The summed E-state index contributed by atoms with van der Waals surface area (Å²) in [5.74, 6) is 5.35. The van der Waals surface area contributed by atoms with Crippen LogP contribution in [0.1, 0.15) is 30.9 Å². The molecule has 1 amide bonds. The van der Waals surface area contributed by atoms with E-state index in [4.69, 9.17) is 5.84 Å². The van der Waals surface area contributed by atoms with Crippen LogP contribution in [-0.4, -0.2) is 5.91 Å². The molecule has 14 heavy (non-hydrogen) atoms. The van der Waals surface area contributed by atoms with Crippen molar-refractivity contribution in [3.8, 4) is 0 Å². The number of amides is 1. The smallest absolute Gasteiger partial charge is 0.238 e. The van der Waals surface area contributed by atoms with Crippen LogP contribution < -0.4 is 11.3 Å². The van der Waals surface area contributed by atoms with Crippen LogP contribution in [0.3, 0.4) is 0 Å². The Morgan fingerprint density at radius 3 is 2.36 bits per heavy atom. The van der Waals surface area contributed by atoms with Crippen molar-refractivity contribution in [2.75, 3.05) is 0 Å². The first-order valence-corrected chi connectivity index (χ1v) is 4.71. The zero-order valence-corrected chi connectivity index (χ0v) is 8.58. The molecule has 0 saturated heterocycles. The Kier molecular flexibility index (Phi) is 3.65. The summed E-state index contributed by atoms with van der Waals surface area (Å²) in [4.78, 5) is 11.0. The van der Waals surface area contributed by atoms with Crippen LogP contribution in [-0.2, 0) is 11.2 Å². The maximum atomic E-state index is 11.0. The van der Waals surface area contributed by atoms with Crippen LogP contribution in [0.2, 0.25) is 0 Å². The molecule has 0 radical (unpaired) electrons. The maximum Gasteiger partial charge on any atom is 0.238 e. The summed E-state index contributed by atoms with van der Waals surface area (Å²) in [5.41, 5.74) is 4.38. The summed E-state index contributed by atoms with van der Waals surface area (Å²) in [7, 11) is 0. The fourth-order valence-corrected chi connectivity index (χ4v) is 1.26. The van der Waals surface area contributed by atoms with Gasteiger partial charge in [0.1, 0.15) is 0 Å². The quantitative estimate of drug-likeness (QED) is 0.431. The van der Waals surface area contributed by atoms with Crippen LogP contribution in [0, 0.1) is 0 Å². The Morgan fingerprint density at radius 2 is 1.93 bits per heavy atom. The second-order valence-corrected chi connectivity index (χ2v) is 3.64. The summed E-state index contributed by atoms with van der Waals surface area (Å²) >= 11 is 0. The minimum absolute atomic E-state index is 0.165. The molecule has 1 aromatic rings. The summed E-state index contributed by atoms with van der Waals surface area (Å²) in [6.45, 7) is 4.28. The van der Waals surface area contributed by atoms with Crippen molar-refractivity contribution in [3.05, 3.63) is 35.4 Å². The van der Waals surface area contributed by atoms with E-state index in [0.29, 0.717) is 12.3 Å². The number of hydrogen-bond donors (Lipinski definition) is 2. The van der Waals surface area contributed by atoms with Crippen LogP contribution in [0.25, 0.3) is 0 Å². The summed E-state index contributed by atoms with van der Waals surface area (Å²) in [6.07, 6.45) is 0.342. The molecule has 0 unspecified atom stereocenters. The zero-order chi connectivity index (χ0) is 10.6. The fourth-order valence-electron chi connectivity index (χ4n) is 1.26. The summed E-state index contributed by atoms with van der Waals surface area (Å²) < 4.78 is 0. The Bertz CT molecular complexity index is 304. The number of hydrazine groups is 1. The lowest BCUT2D eigenvalue weighted by molar-refractivity contribution is -0.120. The molecule has 0 heterocycles. The average Bonchev–Trinajstić information content (AvgIpc) is 2.18. The zero-order valence-electron chi connectivity index (χ0n) is 8.58. The minimum Gasteiger partial charge on any atom is -0.294 e. The van der Waals surface area contributed by atoms with Gasteiger partial charge in [0, 0.05) is 0 Å². The Morgan fingerprint density at radius 1 is 1.36 bits per heavy atom. The third-order valence-corrected chi connectivity index (χ3v) is 2.17. The second kappa shape index (κ2) is 4.77. The van der Waals surface area contributed by atoms with Crippen LogP contribution >= 0.6 is 0 Å². The molecule has 76 valence electrons. The molecule has 0 aromatic heterocycles. The highest BCUT2D eigenvalue weighted by atomic mass is 16.2. The third kappa shape index (κ3) is 2.85. The Hall–Kier alpha value is -1.35. The van der Waals surface area contributed by atoms with E-state index in [1.54, 1.807) is 0 Å². The van der Waals surface area contributed by atoms with Gasteiger partial charge in [-0.1, -0.05) is 38.1 Å². The third-order valence-electron chi connectivity index (χ3n) is 2.17. The van der Waals surface area contributed by atoms with Gasteiger partial charge in [-0.3, -0.25) is 10.2 Å². The van der Waals surface area contributed by atoms with Crippen LogP contribution in [0.4, 0.5) is 0 Å². The fraction of sp³-hybridized carbons (Fsp3) is 0.364. The molecule has 0 saturated carbocycles. The highest BCUT2D eigenvalue weighted by Crippen LogP contribution is 2.14. The molecule has 0 aliphatic carbocycles. The SMILES string of the molecule is CC(C)c1ccc(CC(=O)NN)cc1. The first-order chi connectivity index (χ1) is 6.63. The van der Waals surface area contributed by atoms with E-state index in [1.165, 1.54) is 5.56 Å². The Balaban J connectivity index is 2.69. The molecular formula is C11H16N2O. The predicted octanol–water partition coefficient (Wildman–Crippen LogP) is 1.34. The molecule has 0 spiro atoms. The van der Waals surface area contributed by atoms with Gasteiger partial charge in [-0.15, -0.1) is 0 Å². The molecule has 0 aliphatic rings. The molecule has 3 nitrogen and oxygen atoms in total. The molecule has 1 aromatic carbocycles. The first-order valence-electron chi connectivity index (χ1n) is 4.71. The highest BCUT2D eigenvalue weighted by Gasteiger charge is 2.02. The minimum atomic E-state index is -0.165. The number of carbonyl (C=O) groups is 1. The number of nitrogens with one attached hydrogen (secondary N) is 1. The number of carbonyl (C=O) groups excluding carboxylic acids is 1.